The molecule has 84 valence electrons. The average Bonchev–Trinajstić information content (AvgIpc) is 2.75. The van der Waals surface area contributed by atoms with Crippen LogP contribution in [0.2, 0.25) is 0 Å². The van der Waals surface area contributed by atoms with Crippen molar-refractivity contribution in [1.29, 1.82) is 0 Å². The summed E-state index contributed by atoms with van der Waals surface area (Å²) >= 11 is 0. The molecule has 0 radical (unpaired) electrons. The van der Waals surface area contributed by atoms with Crippen LogP contribution in [0.4, 0.5) is 0 Å². The topological polar surface area (TPSA) is 41.6 Å². The van der Waals surface area contributed by atoms with Crippen molar-refractivity contribution in [2.45, 2.75) is 51.9 Å². The molecule has 1 heterocycles. The Balaban J connectivity index is 1.93. The van der Waals surface area contributed by atoms with Gasteiger partial charge in [-0.25, -0.2) is 0 Å². The second-order valence-electron chi connectivity index (χ2n) is 3.86. The lowest BCUT2D eigenvalue weighted by molar-refractivity contribution is 0.611. The highest BCUT2D eigenvalue weighted by atomic mass is 15.3. The van der Waals surface area contributed by atoms with Crippen LogP contribution >= 0.6 is 0 Å². The van der Waals surface area contributed by atoms with Gasteiger partial charge in [-0.15, -0.1) is 5.10 Å². The molecule has 0 aromatic carbocycles. The van der Waals surface area contributed by atoms with Gasteiger partial charge >= 0.3 is 0 Å². The quantitative estimate of drug-likeness (QED) is 0.662. The van der Waals surface area contributed by atoms with Gasteiger partial charge in [0.05, 0.1) is 0 Å². The molecule has 0 spiro atoms. The van der Waals surface area contributed by atoms with Crippen molar-refractivity contribution < 1.29 is 0 Å². The van der Waals surface area contributed by atoms with Gasteiger partial charge < -0.3 is 0 Å². The van der Waals surface area contributed by atoms with E-state index >= 15 is 0 Å². The second-order valence-corrected chi connectivity index (χ2v) is 3.86. The van der Waals surface area contributed by atoms with Crippen LogP contribution in [0.5, 0.6) is 0 Å². The molecule has 0 aliphatic heterocycles. The molecule has 0 unspecified atom stereocenters. The van der Waals surface area contributed by atoms with Crippen molar-refractivity contribution in [3.63, 3.8) is 0 Å². The van der Waals surface area contributed by atoms with Gasteiger partial charge in [-0.1, -0.05) is 50.3 Å². The molecule has 0 fully saturated rings. The summed E-state index contributed by atoms with van der Waals surface area (Å²) in [6.07, 6.45) is 15.3. The first kappa shape index (κ1) is 12.0. The molecule has 1 aromatic heterocycles. The number of nitrogens with one attached hydrogen (secondary N) is 1. The van der Waals surface area contributed by atoms with E-state index in [2.05, 4.69) is 28.4 Å². The van der Waals surface area contributed by atoms with Crippen molar-refractivity contribution in [2.24, 2.45) is 0 Å². The minimum Gasteiger partial charge on any atom is -0.265 e. The van der Waals surface area contributed by atoms with E-state index in [9.17, 15) is 0 Å². The van der Waals surface area contributed by atoms with Crippen LogP contribution < -0.4 is 0 Å². The maximum atomic E-state index is 3.88. The molecule has 3 heteroatoms. The van der Waals surface area contributed by atoms with Crippen LogP contribution in [-0.2, 0) is 0 Å². The first-order valence-electron chi connectivity index (χ1n) is 5.96. The summed E-state index contributed by atoms with van der Waals surface area (Å²) in [7, 11) is 0. The van der Waals surface area contributed by atoms with E-state index < -0.39 is 0 Å². The van der Waals surface area contributed by atoms with E-state index in [4.69, 9.17) is 0 Å². The van der Waals surface area contributed by atoms with Crippen LogP contribution in [0.1, 0.15) is 57.6 Å². The molecule has 1 rings (SSSR count). The van der Waals surface area contributed by atoms with Gasteiger partial charge in [0.2, 0.25) is 0 Å². The van der Waals surface area contributed by atoms with Gasteiger partial charge in [0.15, 0.2) is 0 Å². The number of H-pyrrole nitrogens is 1. The summed E-state index contributed by atoms with van der Waals surface area (Å²) < 4.78 is 0. The third-order valence-electron chi connectivity index (χ3n) is 2.45. The Morgan fingerprint density at radius 1 is 1.20 bits per heavy atom. The molecule has 15 heavy (non-hydrogen) atoms. The van der Waals surface area contributed by atoms with Crippen molar-refractivity contribution >= 4 is 6.08 Å². The normalized spacial score (nSPS) is 11.3. The molecule has 0 saturated carbocycles. The molecule has 1 aromatic rings. The lowest BCUT2D eigenvalue weighted by Crippen LogP contribution is -1.77. The van der Waals surface area contributed by atoms with Crippen molar-refractivity contribution in [2.75, 3.05) is 0 Å². The number of hydrogen-bond acceptors (Lipinski definition) is 2. The van der Waals surface area contributed by atoms with Gasteiger partial charge in [-0.2, -0.15) is 0 Å². The van der Waals surface area contributed by atoms with Gasteiger partial charge in [-0.3, -0.25) is 5.10 Å². The fourth-order valence-corrected chi connectivity index (χ4v) is 1.54. The Labute approximate surface area is 92.0 Å². The first-order chi connectivity index (χ1) is 7.43. The molecule has 0 amide bonds. The highest BCUT2D eigenvalue weighted by Gasteiger charge is 1.89. The van der Waals surface area contributed by atoms with Gasteiger partial charge in [0.1, 0.15) is 5.69 Å². The second kappa shape index (κ2) is 8.21. The number of rotatable bonds is 8. The molecule has 0 bridgehead atoms. The SMILES string of the molecule is CCCCCCCC/C=C/c1c[nH]nn1. The van der Waals surface area contributed by atoms with Crippen LogP contribution in [0.3, 0.4) is 0 Å². The Morgan fingerprint density at radius 3 is 2.73 bits per heavy atom. The van der Waals surface area contributed by atoms with E-state index in [0.29, 0.717) is 0 Å². The molecule has 0 aliphatic carbocycles. The maximum Gasteiger partial charge on any atom is 0.105 e. The van der Waals surface area contributed by atoms with E-state index in [1.54, 1.807) is 6.20 Å². The first-order valence-corrected chi connectivity index (χ1v) is 5.96. The summed E-state index contributed by atoms with van der Waals surface area (Å²) in [4.78, 5) is 0. The smallest absolute Gasteiger partial charge is 0.105 e. The fourth-order valence-electron chi connectivity index (χ4n) is 1.54. The lowest BCUT2D eigenvalue weighted by atomic mass is 10.1. The molecule has 0 saturated heterocycles. The van der Waals surface area contributed by atoms with Crippen LogP contribution in [0.25, 0.3) is 6.08 Å². The van der Waals surface area contributed by atoms with Gasteiger partial charge in [-0.05, 0) is 18.9 Å². The molecular weight excluding hydrogens is 186 g/mol. The number of unbranched alkanes of at least 4 members (excludes halogenated alkanes) is 6. The monoisotopic (exact) mass is 207 g/mol. The molecule has 0 aliphatic rings. The molecule has 0 atom stereocenters. The number of aromatic nitrogens is 3. The van der Waals surface area contributed by atoms with Crippen molar-refractivity contribution in [3.8, 4) is 0 Å². The largest absolute Gasteiger partial charge is 0.265 e. The predicted molar refractivity (Wildman–Crippen MR) is 63.4 cm³/mol. The van der Waals surface area contributed by atoms with E-state index in [1.807, 2.05) is 6.08 Å². The maximum absolute atomic E-state index is 3.88. The Hall–Kier alpha value is -1.12. The minimum atomic E-state index is 0.918. The number of nitrogens with zero attached hydrogens (tertiary/aromatic N) is 2. The fraction of sp³-hybridized carbons (Fsp3) is 0.667. The molecular formula is C12H21N3. The van der Waals surface area contributed by atoms with Gasteiger partial charge in [0, 0.05) is 6.20 Å². The van der Waals surface area contributed by atoms with Crippen molar-refractivity contribution in [1.82, 2.24) is 15.4 Å². The average molecular weight is 207 g/mol. The van der Waals surface area contributed by atoms with E-state index in [-0.39, 0.29) is 0 Å². The standard InChI is InChI=1S/C12H21N3/c1-2-3-4-5-6-7-8-9-10-12-11-13-15-14-12/h9-11H,2-8H2,1H3,(H,13,14,15)/b10-9+. The Kier molecular flexibility index (Phi) is 6.54. The Morgan fingerprint density at radius 2 is 2.00 bits per heavy atom. The third-order valence-corrected chi connectivity index (χ3v) is 2.45. The molecule has 3 nitrogen and oxygen atoms in total. The zero-order chi connectivity index (χ0) is 10.8. The van der Waals surface area contributed by atoms with Crippen LogP contribution in [0, 0.1) is 0 Å². The van der Waals surface area contributed by atoms with E-state index in [1.165, 1.54) is 38.5 Å². The molecule has 1 N–H and O–H groups in total. The van der Waals surface area contributed by atoms with Crippen LogP contribution in [0.15, 0.2) is 12.3 Å². The highest BCUT2D eigenvalue weighted by Crippen LogP contribution is 2.07. The summed E-state index contributed by atoms with van der Waals surface area (Å²) in [5.41, 5.74) is 0.918. The summed E-state index contributed by atoms with van der Waals surface area (Å²) in [5, 5.41) is 10.2. The van der Waals surface area contributed by atoms with Gasteiger partial charge in [0.25, 0.3) is 0 Å². The lowest BCUT2D eigenvalue weighted by Gasteiger charge is -1.97. The number of aromatic amines is 1. The summed E-state index contributed by atoms with van der Waals surface area (Å²) in [5.74, 6) is 0. The summed E-state index contributed by atoms with van der Waals surface area (Å²) in [6, 6.07) is 0. The zero-order valence-electron chi connectivity index (χ0n) is 9.58. The number of hydrogen-bond donors (Lipinski definition) is 1. The minimum absolute atomic E-state index is 0.918. The Bertz CT molecular complexity index is 252. The predicted octanol–water partition coefficient (Wildman–Crippen LogP) is 3.57. The van der Waals surface area contributed by atoms with Crippen molar-refractivity contribution in [3.05, 3.63) is 18.0 Å². The summed E-state index contributed by atoms with van der Waals surface area (Å²) in [6.45, 7) is 2.25. The number of allylic oxidation sites excluding steroid dienone is 1. The highest BCUT2D eigenvalue weighted by molar-refractivity contribution is 5.41. The third kappa shape index (κ3) is 6.05. The zero-order valence-corrected chi connectivity index (χ0v) is 9.58. The van der Waals surface area contributed by atoms with Crippen LogP contribution in [-0.4, -0.2) is 15.4 Å². The van der Waals surface area contributed by atoms with E-state index in [0.717, 1.165) is 12.1 Å².